The SMILES string of the molecule is NCCCCCc1c2cccc(CN(Cc3ccccn3)Cc3ccccn3)c2nc2c(CN(Cc3ccccn3)Cc3ccccn3)cccc12. The van der Waals surface area contributed by atoms with E-state index in [1.165, 1.54) is 27.5 Å². The summed E-state index contributed by atoms with van der Waals surface area (Å²) in [5, 5.41) is 2.45. The van der Waals surface area contributed by atoms with Gasteiger partial charge in [0.05, 0.1) is 33.8 Å². The van der Waals surface area contributed by atoms with Crippen molar-refractivity contribution in [1.29, 1.82) is 0 Å². The van der Waals surface area contributed by atoms with Gasteiger partial charge in [-0.3, -0.25) is 29.7 Å². The van der Waals surface area contributed by atoms with Gasteiger partial charge in [0, 0.05) is 74.8 Å². The molecule has 0 bridgehead atoms. The molecule has 0 aliphatic heterocycles. The van der Waals surface area contributed by atoms with E-state index in [9.17, 15) is 0 Å². The molecule has 52 heavy (non-hydrogen) atoms. The Morgan fingerprint density at radius 2 is 0.846 bits per heavy atom. The van der Waals surface area contributed by atoms with E-state index in [4.69, 9.17) is 10.7 Å². The van der Waals surface area contributed by atoms with E-state index in [2.05, 4.69) is 115 Å². The number of fused-ring (bicyclic) bond motifs is 2. The van der Waals surface area contributed by atoms with Crippen molar-refractivity contribution >= 4 is 21.8 Å². The summed E-state index contributed by atoms with van der Waals surface area (Å²) in [6.45, 7) is 4.95. The van der Waals surface area contributed by atoms with Crippen molar-refractivity contribution in [3.8, 4) is 0 Å². The van der Waals surface area contributed by atoms with Gasteiger partial charge in [-0.1, -0.05) is 67.1 Å². The normalized spacial score (nSPS) is 11.6. The molecule has 0 fully saturated rings. The number of nitrogens with zero attached hydrogens (tertiary/aromatic N) is 7. The molecule has 8 nitrogen and oxygen atoms in total. The van der Waals surface area contributed by atoms with E-state index >= 15 is 0 Å². The lowest BCUT2D eigenvalue weighted by Crippen LogP contribution is -2.24. The topological polar surface area (TPSA) is 97.0 Å². The van der Waals surface area contributed by atoms with Crippen LogP contribution in [-0.2, 0) is 45.7 Å². The fourth-order valence-corrected chi connectivity index (χ4v) is 7.04. The highest BCUT2D eigenvalue weighted by Crippen LogP contribution is 2.33. The molecule has 0 unspecified atom stereocenters. The van der Waals surface area contributed by atoms with Crippen molar-refractivity contribution in [3.63, 3.8) is 0 Å². The van der Waals surface area contributed by atoms with Crippen LogP contribution >= 0.6 is 0 Å². The highest BCUT2D eigenvalue weighted by molar-refractivity contribution is 5.99. The van der Waals surface area contributed by atoms with Crippen LogP contribution in [0.1, 0.15) is 58.7 Å². The predicted octanol–water partition coefficient (Wildman–Crippen LogP) is 8.04. The van der Waals surface area contributed by atoms with Crippen LogP contribution in [0.4, 0.5) is 0 Å². The summed E-state index contributed by atoms with van der Waals surface area (Å²) < 4.78 is 0. The van der Waals surface area contributed by atoms with Crippen LogP contribution in [0.3, 0.4) is 0 Å². The molecule has 5 aromatic heterocycles. The fraction of sp³-hybridized carbons (Fsp3) is 0.250. The first kappa shape index (κ1) is 35.0. The molecule has 5 heterocycles. The number of pyridine rings is 5. The monoisotopic (exact) mass is 686 g/mol. The molecule has 0 saturated carbocycles. The molecule has 2 aromatic carbocycles. The fourth-order valence-electron chi connectivity index (χ4n) is 7.04. The summed E-state index contributed by atoms with van der Waals surface area (Å²) in [6, 6.07) is 37.8. The molecule has 0 aliphatic carbocycles. The summed E-state index contributed by atoms with van der Waals surface area (Å²) in [5.41, 5.74) is 15.9. The van der Waals surface area contributed by atoms with Gasteiger partial charge in [-0.15, -0.1) is 0 Å². The second-order valence-corrected chi connectivity index (χ2v) is 13.4. The van der Waals surface area contributed by atoms with Crippen molar-refractivity contribution < 1.29 is 0 Å². The zero-order chi connectivity index (χ0) is 35.4. The minimum atomic E-state index is 0.703. The van der Waals surface area contributed by atoms with Crippen molar-refractivity contribution in [2.24, 2.45) is 5.73 Å². The Balaban J connectivity index is 1.30. The van der Waals surface area contributed by atoms with Crippen molar-refractivity contribution in [2.45, 2.75) is 65.0 Å². The standard InChI is InChI=1S/C44H46N8/c45-23-7-1-2-20-40-41-21-12-14-34(28-51(30-36-16-3-8-24-46-36)31-37-17-4-9-25-47-37)43(41)50-44-35(15-13-22-42(40)44)29-52(32-38-18-5-10-26-48-38)33-39-19-6-11-27-49-39/h3-6,8-19,21-22,24-27H,1-2,7,20,23,28-33,45H2. The van der Waals surface area contributed by atoms with E-state index in [-0.39, 0.29) is 0 Å². The van der Waals surface area contributed by atoms with Gasteiger partial charge in [-0.25, -0.2) is 4.98 Å². The number of aromatic nitrogens is 5. The number of hydrogen-bond acceptors (Lipinski definition) is 8. The van der Waals surface area contributed by atoms with E-state index in [1.807, 2.05) is 49.1 Å². The molecular weight excluding hydrogens is 641 g/mol. The van der Waals surface area contributed by atoms with Gasteiger partial charge in [-0.05, 0) is 91.0 Å². The maximum absolute atomic E-state index is 5.91. The minimum absolute atomic E-state index is 0.703. The maximum atomic E-state index is 5.91. The number of rotatable bonds is 17. The Morgan fingerprint density at radius 1 is 0.423 bits per heavy atom. The summed E-state index contributed by atoms with van der Waals surface area (Å²) in [5.74, 6) is 0. The number of aryl methyl sites for hydroxylation is 1. The average Bonchev–Trinajstić information content (AvgIpc) is 3.18. The summed E-state index contributed by atoms with van der Waals surface area (Å²) >= 11 is 0. The highest BCUT2D eigenvalue weighted by atomic mass is 15.1. The largest absolute Gasteiger partial charge is 0.330 e. The van der Waals surface area contributed by atoms with Crippen LogP contribution in [0.25, 0.3) is 21.8 Å². The Labute approximate surface area is 306 Å². The van der Waals surface area contributed by atoms with Crippen molar-refractivity contribution in [1.82, 2.24) is 34.7 Å². The lowest BCUT2D eigenvalue weighted by atomic mass is 9.94. The van der Waals surface area contributed by atoms with Crippen LogP contribution in [0, 0.1) is 0 Å². The summed E-state index contributed by atoms with van der Waals surface area (Å²) in [4.78, 5) is 29.1. The molecule has 7 rings (SSSR count). The van der Waals surface area contributed by atoms with Gasteiger partial charge in [-0.2, -0.15) is 0 Å². The number of para-hydroxylation sites is 2. The lowest BCUT2D eigenvalue weighted by Gasteiger charge is -2.24. The van der Waals surface area contributed by atoms with Crippen molar-refractivity contribution in [3.05, 3.63) is 173 Å². The second kappa shape index (κ2) is 17.7. The molecule has 0 spiro atoms. The van der Waals surface area contributed by atoms with Gasteiger partial charge < -0.3 is 5.73 Å². The van der Waals surface area contributed by atoms with Gasteiger partial charge in [0.2, 0.25) is 0 Å². The average molecular weight is 687 g/mol. The third-order valence-electron chi connectivity index (χ3n) is 9.48. The Bertz CT molecular complexity index is 1910. The van der Waals surface area contributed by atoms with E-state index in [1.54, 1.807) is 0 Å². The number of unbranched alkanes of at least 4 members (excludes halogenated alkanes) is 2. The third-order valence-corrected chi connectivity index (χ3v) is 9.48. The Morgan fingerprint density at radius 3 is 1.21 bits per heavy atom. The van der Waals surface area contributed by atoms with Gasteiger partial charge in [0.15, 0.2) is 0 Å². The van der Waals surface area contributed by atoms with Gasteiger partial charge >= 0.3 is 0 Å². The number of benzene rings is 2. The summed E-state index contributed by atoms with van der Waals surface area (Å²) in [7, 11) is 0. The van der Waals surface area contributed by atoms with Gasteiger partial charge in [0.25, 0.3) is 0 Å². The quantitative estimate of drug-likeness (QED) is 0.0760. The molecule has 0 amide bonds. The smallest absolute Gasteiger partial charge is 0.0757 e. The van der Waals surface area contributed by atoms with Crippen molar-refractivity contribution in [2.75, 3.05) is 6.54 Å². The van der Waals surface area contributed by atoms with E-state index in [0.717, 1.165) is 66.0 Å². The predicted molar refractivity (Wildman–Crippen MR) is 209 cm³/mol. The third kappa shape index (κ3) is 9.08. The molecule has 2 N–H and O–H groups in total. The molecule has 7 aromatic rings. The van der Waals surface area contributed by atoms with Crippen LogP contribution in [0.2, 0.25) is 0 Å². The summed E-state index contributed by atoms with van der Waals surface area (Å²) in [6.07, 6.45) is 11.6. The van der Waals surface area contributed by atoms with Gasteiger partial charge in [0.1, 0.15) is 0 Å². The second-order valence-electron chi connectivity index (χ2n) is 13.4. The van der Waals surface area contributed by atoms with E-state index < -0.39 is 0 Å². The van der Waals surface area contributed by atoms with E-state index in [0.29, 0.717) is 39.3 Å². The number of nitrogens with two attached hydrogens (primary N) is 1. The molecule has 0 saturated heterocycles. The van der Waals surface area contributed by atoms with Crippen LogP contribution in [0.15, 0.2) is 134 Å². The Kier molecular flexibility index (Phi) is 11.9. The zero-order valence-electron chi connectivity index (χ0n) is 29.7. The zero-order valence-corrected chi connectivity index (χ0v) is 29.7. The number of hydrogen-bond donors (Lipinski definition) is 1. The first-order valence-corrected chi connectivity index (χ1v) is 18.3. The minimum Gasteiger partial charge on any atom is -0.330 e. The maximum Gasteiger partial charge on any atom is 0.0757 e. The molecule has 0 atom stereocenters. The van der Waals surface area contributed by atoms with Crippen LogP contribution in [-0.4, -0.2) is 41.3 Å². The van der Waals surface area contributed by atoms with Crippen LogP contribution < -0.4 is 5.73 Å². The first-order chi connectivity index (χ1) is 25.7. The molecular formula is C44H46N8. The molecule has 8 heteroatoms. The highest BCUT2D eigenvalue weighted by Gasteiger charge is 2.19. The molecule has 0 aliphatic rings. The molecule has 0 radical (unpaired) electrons. The Hall–Kier alpha value is -5.41. The first-order valence-electron chi connectivity index (χ1n) is 18.3. The van der Waals surface area contributed by atoms with Crippen LogP contribution in [0.5, 0.6) is 0 Å². The molecule has 262 valence electrons. The lowest BCUT2D eigenvalue weighted by molar-refractivity contribution is 0.242.